The molecule has 0 spiro atoms. The smallest absolute Gasteiger partial charge is 0.233 e. The van der Waals surface area contributed by atoms with Gasteiger partial charge in [0.2, 0.25) is 17.8 Å². The summed E-state index contributed by atoms with van der Waals surface area (Å²) in [5.74, 6) is 1.09. The van der Waals surface area contributed by atoms with E-state index in [0.29, 0.717) is 11.4 Å². The van der Waals surface area contributed by atoms with Gasteiger partial charge < -0.3 is 36.0 Å². The normalized spacial score (nSPS) is 10.3. The molecular weight excluding hydrogens is 316 g/mol. The van der Waals surface area contributed by atoms with Crippen molar-refractivity contribution in [1.82, 2.24) is 15.0 Å². The zero-order valence-corrected chi connectivity index (χ0v) is 13.2. The van der Waals surface area contributed by atoms with Crippen molar-refractivity contribution in [1.29, 1.82) is 0 Å². The van der Waals surface area contributed by atoms with Gasteiger partial charge in [0, 0.05) is 24.8 Å². The van der Waals surface area contributed by atoms with E-state index in [9.17, 15) is 5.11 Å². The number of nitrogens with one attached hydrogen (secondary N) is 3. The van der Waals surface area contributed by atoms with Gasteiger partial charge in [-0.1, -0.05) is 0 Å². The Morgan fingerprint density at radius 2 is 1.54 bits per heavy atom. The molecule has 0 amide bonds. The highest BCUT2D eigenvalue weighted by Crippen LogP contribution is 2.29. The molecule has 1 heterocycles. The van der Waals surface area contributed by atoms with Crippen LogP contribution in [0.2, 0.25) is 0 Å². The second kappa shape index (κ2) is 8.70. The number of aromatic nitrogens is 3. The maximum Gasteiger partial charge on any atom is 0.233 e. The Labute approximate surface area is 138 Å². The predicted molar refractivity (Wildman–Crippen MR) is 88.9 cm³/mol. The summed E-state index contributed by atoms with van der Waals surface area (Å²) in [7, 11) is 1.46. The highest BCUT2D eigenvalue weighted by Gasteiger charge is 2.08. The van der Waals surface area contributed by atoms with Gasteiger partial charge in [-0.2, -0.15) is 15.0 Å². The van der Waals surface area contributed by atoms with Crippen LogP contribution in [0, 0.1) is 0 Å². The number of anilines is 4. The molecule has 2 rings (SSSR count). The molecule has 10 heteroatoms. The molecule has 0 saturated heterocycles. The molecule has 2 aromatic rings. The molecule has 0 atom stereocenters. The van der Waals surface area contributed by atoms with Crippen molar-refractivity contribution < 1.29 is 20.1 Å². The average Bonchev–Trinajstić information content (AvgIpc) is 2.58. The minimum atomic E-state index is -0.0692. The Morgan fingerprint density at radius 3 is 2.04 bits per heavy atom. The Balaban J connectivity index is 2.21. The number of ether oxygens (including phenoxy) is 1. The molecule has 6 N–H and O–H groups in total. The molecule has 0 unspecified atom stereocenters. The summed E-state index contributed by atoms with van der Waals surface area (Å²) in [6.45, 7) is 0.429. The van der Waals surface area contributed by atoms with Crippen molar-refractivity contribution in [3.05, 3.63) is 18.2 Å². The first-order chi connectivity index (χ1) is 11.7. The van der Waals surface area contributed by atoms with E-state index in [4.69, 9.17) is 14.9 Å². The lowest BCUT2D eigenvalue weighted by molar-refractivity contribution is 0.310. The van der Waals surface area contributed by atoms with E-state index in [1.807, 2.05) is 0 Å². The van der Waals surface area contributed by atoms with Crippen LogP contribution < -0.4 is 20.7 Å². The van der Waals surface area contributed by atoms with E-state index >= 15 is 0 Å². The van der Waals surface area contributed by atoms with Gasteiger partial charge >= 0.3 is 0 Å². The van der Waals surface area contributed by atoms with Gasteiger partial charge in [0.1, 0.15) is 0 Å². The van der Waals surface area contributed by atoms with Crippen molar-refractivity contribution in [2.45, 2.75) is 0 Å². The highest BCUT2D eigenvalue weighted by molar-refractivity contribution is 5.60. The molecule has 1 aromatic carbocycles. The molecule has 24 heavy (non-hydrogen) atoms. The largest absolute Gasteiger partial charge is 0.504 e. The van der Waals surface area contributed by atoms with Crippen molar-refractivity contribution in [2.24, 2.45) is 0 Å². The molecular formula is C14H20N6O4. The number of methoxy groups -OCH3 is 1. The Morgan fingerprint density at radius 1 is 0.958 bits per heavy atom. The van der Waals surface area contributed by atoms with Crippen LogP contribution in [0.5, 0.6) is 11.5 Å². The predicted octanol–water partition coefficient (Wildman–Crippen LogP) is 0.138. The first-order valence-electron chi connectivity index (χ1n) is 7.26. The number of aliphatic hydroxyl groups is 2. The third-order valence-electron chi connectivity index (χ3n) is 2.86. The van der Waals surface area contributed by atoms with Crippen molar-refractivity contribution >= 4 is 23.5 Å². The summed E-state index contributed by atoms with van der Waals surface area (Å²) in [6, 6.07) is 4.78. The second-order valence-corrected chi connectivity index (χ2v) is 4.62. The summed E-state index contributed by atoms with van der Waals surface area (Å²) in [5.41, 5.74) is 0.556. The highest BCUT2D eigenvalue weighted by atomic mass is 16.5. The van der Waals surface area contributed by atoms with E-state index in [1.165, 1.54) is 13.2 Å². The lowest BCUT2D eigenvalue weighted by atomic mass is 10.3. The maximum absolute atomic E-state index is 9.81. The number of aromatic hydroxyl groups is 1. The van der Waals surface area contributed by atoms with Crippen LogP contribution in [0.1, 0.15) is 0 Å². The molecule has 1 aromatic heterocycles. The van der Waals surface area contributed by atoms with Crippen LogP contribution in [-0.4, -0.2) is 63.7 Å². The fourth-order valence-corrected chi connectivity index (χ4v) is 1.82. The first kappa shape index (κ1) is 17.5. The third-order valence-corrected chi connectivity index (χ3v) is 2.86. The molecule has 0 aliphatic rings. The Hall–Kier alpha value is -2.85. The Bertz CT molecular complexity index is 643. The molecule has 0 radical (unpaired) electrons. The standard InChI is InChI=1S/C14H20N6O4/c1-24-11-3-2-9(8-10(11)23)17-14-19-12(15-4-6-21)18-13(20-14)16-5-7-22/h2-3,8,21-23H,4-7H2,1H3,(H3,15,16,17,18,19,20). The van der Waals surface area contributed by atoms with Gasteiger partial charge in [-0.3, -0.25) is 0 Å². The van der Waals surface area contributed by atoms with Gasteiger partial charge in [-0.15, -0.1) is 0 Å². The zero-order valence-electron chi connectivity index (χ0n) is 13.2. The molecule has 0 saturated carbocycles. The van der Waals surface area contributed by atoms with Crippen LogP contribution in [0.15, 0.2) is 18.2 Å². The zero-order chi connectivity index (χ0) is 17.4. The summed E-state index contributed by atoms with van der Waals surface area (Å²) in [5, 5.41) is 36.2. The summed E-state index contributed by atoms with van der Waals surface area (Å²) >= 11 is 0. The molecule has 130 valence electrons. The number of hydrogen-bond donors (Lipinski definition) is 6. The summed E-state index contributed by atoms with van der Waals surface area (Å²) in [4.78, 5) is 12.5. The molecule has 0 bridgehead atoms. The van der Waals surface area contributed by atoms with Crippen LogP contribution >= 0.6 is 0 Å². The Kier molecular flexibility index (Phi) is 6.34. The van der Waals surface area contributed by atoms with E-state index in [0.717, 1.165) is 0 Å². The number of rotatable bonds is 9. The monoisotopic (exact) mass is 336 g/mol. The first-order valence-corrected chi connectivity index (χ1v) is 7.26. The molecule has 0 aliphatic heterocycles. The SMILES string of the molecule is COc1ccc(Nc2nc(NCCO)nc(NCCO)n2)cc1O. The topological polar surface area (TPSA) is 145 Å². The second-order valence-electron chi connectivity index (χ2n) is 4.62. The van der Waals surface area contributed by atoms with Crippen LogP contribution in [-0.2, 0) is 0 Å². The number of phenols is 1. The number of nitrogens with zero attached hydrogens (tertiary/aromatic N) is 3. The lowest BCUT2D eigenvalue weighted by Crippen LogP contribution is -2.14. The minimum absolute atomic E-state index is 0.0196. The average molecular weight is 336 g/mol. The molecule has 0 fully saturated rings. The van der Waals surface area contributed by atoms with Gasteiger partial charge in [0.05, 0.1) is 20.3 Å². The van der Waals surface area contributed by atoms with Gasteiger partial charge in [-0.05, 0) is 12.1 Å². The lowest BCUT2D eigenvalue weighted by Gasteiger charge is -2.11. The number of phenolic OH excluding ortho intramolecular Hbond substituents is 1. The van der Waals surface area contributed by atoms with E-state index in [2.05, 4.69) is 30.9 Å². The van der Waals surface area contributed by atoms with E-state index < -0.39 is 0 Å². The summed E-state index contributed by atoms with van der Waals surface area (Å²) < 4.78 is 4.99. The van der Waals surface area contributed by atoms with Crippen LogP contribution in [0.25, 0.3) is 0 Å². The van der Waals surface area contributed by atoms with Gasteiger partial charge in [0.25, 0.3) is 0 Å². The third kappa shape index (κ3) is 4.83. The van der Waals surface area contributed by atoms with Crippen molar-refractivity contribution in [2.75, 3.05) is 49.4 Å². The van der Waals surface area contributed by atoms with Gasteiger partial charge in [-0.25, -0.2) is 0 Å². The van der Waals surface area contributed by atoms with Crippen molar-refractivity contribution in [3.8, 4) is 11.5 Å². The number of hydrogen-bond acceptors (Lipinski definition) is 10. The van der Waals surface area contributed by atoms with E-state index in [-0.39, 0.29) is 49.9 Å². The maximum atomic E-state index is 9.81. The van der Waals surface area contributed by atoms with Gasteiger partial charge in [0.15, 0.2) is 11.5 Å². The summed E-state index contributed by atoms with van der Waals surface area (Å²) in [6.07, 6.45) is 0. The fraction of sp³-hybridized carbons (Fsp3) is 0.357. The fourth-order valence-electron chi connectivity index (χ4n) is 1.82. The molecule has 0 aliphatic carbocycles. The van der Waals surface area contributed by atoms with Crippen molar-refractivity contribution in [3.63, 3.8) is 0 Å². The quantitative estimate of drug-likeness (QED) is 0.374. The van der Waals surface area contributed by atoms with E-state index in [1.54, 1.807) is 12.1 Å². The van der Waals surface area contributed by atoms with Crippen LogP contribution in [0.3, 0.4) is 0 Å². The van der Waals surface area contributed by atoms with Crippen LogP contribution in [0.4, 0.5) is 23.5 Å². The number of aliphatic hydroxyl groups excluding tert-OH is 2. The molecule has 10 nitrogen and oxygen atoms in total. The number of benzene rings is 1. The minimum Gasteiger partial charge on any atom is -0.504 e.